The Kier molecular flexibility index (Phi) is 4.44. The van der Waals surface area contributed by atoms with Crippen LogP contribution in [0, 0.1) is 11.8 Å². The van der Waals surface area contributed by atoms with Gasteiger partial charge in [0.25, 0.3) is 0 Å². The van der Waals surface area contributed by atoms with Crippen molar-refractivity contribution in [1.29, 1.82) is 0 Å². The van der Waals surface area contributed by atoms with E-state index in [9.17, 15) is 0 Å². The first-order chi connectivity index (χ1) is 8.88. The summed E-state index contributed by atoms with van der Waals surface area (Å²) in [5, 5.41) is 0. The van der Waals surface area contributed by atoms with Crippen LogP contribution in [-0.4, -0.2) is 7.11 Å². The monoisotopic (exact) mass is 236 g/mol. The highest BCUT2D eigenvalue weighted by Gasteiger charge is 1.90. The minimum atomic E-state index is 0.866. The van der Waals surface area contributed by atoms with Gasteiger partial charge in [0.15, 0.2) is 0 Å². The Morgan fingerprint density at radius 2 is 1.67 bits per heavy atom. The Bertz CT molecular complexity index is 529. The molecule has 0 bridgehead atoms. The summed E-state index contributed by atoms with van der Waals surface area (Å²) in [5.41, 5.74) is 2.37. The zero-order valence-electron chi connectivity index (χ0n) is 10.5. The normalized spacial score (nSPS) is 9.39. The molecule has 0 saturated carbocycles. The van der Waals surface area contributed by atoms with Gasteiger partial charge in [-0.2, -0.15) is 0 Å². The summed E-state index contributed by atoms with van der Waals surface area (Å²) >= 11 is 0. The van der Waals surface area contributed by atoms with Gasteiger partial charge in [0.1, 0.15) is 5.75 Å². The van der Waals surface area contributed by atoms with Gasteiger partial charge in [0.2, 0.25) is 0 Å². The molecule has 0 aliphatic rings. The molecule has 2 aromatic rings. The summed E-state index contributed by atoms with van der Waals surface area (Å²) in [6.45, 7) is 0. The third-order valence-electron chi connectivity index (χ3n) is 2.70. The van der Waals surface area contributed by atoms with E-state index in [1.54, 1.807) is 7.11 Å². The van der Waals surface area contributed by atoms with Crippen LogP contribution in [0.2, 0.25) is 0 Å². The first kappa shape index (κ1) is 12.3. The van der Waals surface area contributed by atoms with Crippen LogP contribution in [0.25, 0.3) is 0 Å². The van der Waals surface area contributed by atoms with Crippen LogP contribution >= 0.6 is 0 Å². The molecule has 0 amide bonds. The molecule has 0 spiro atoms. The Morgan fingerprint density at radius 3 is 2.33 bits per heavy atom. The average Bonchev–Trinajstić information content (AvgIpc) is 2.45. The van der Waals surface area contributed by atoms with Crippen LogP contribution in [0.3, 0.4) is 0 Å². The Labute approximate surface area is 108 Å². The van der Waals surface area contributed by atoms with E-state index >= 15 is 0 Å². The lowest BCUT2D eigenvalue weighted by Gasteiger charge is -1.97. The molecule has 1 nitrogen and oxygen atoms in total. The zero-order valence-corrected chi connectivity index (χ0v) is 10.5. The van der Waals surface area contributed by atoms with E-state index in [0.29, 0.717) is 0 Å². The van der Waals surface area contributed by atoms with E-state index < -0.39 is 0 Å². The predicted octanol–water partition coefficient (Wildman–Crippen LogP) is 3.68. The maximum absolute atomic E-state index is 5.10. The molecule has 2 rings (SSSR count). The molecule has 2 aromatic carbocycles. The molecule has 0 saturated heterocycles. The van der Waals surface area contributed by atoms with Gasteiger partial charge in [0.05, 0.1) is 7.11 Å². The van der Waals surface area contributed by atoms with Gasteiger partial charge >= 0.3 is 0 Å². The Hall–Kier alpha value is -2.20. The van der Waals surface area contributed by atoms with E-state index in [0.717, 1.165) is 24.2 Å². The lowest BCUT2D eigenvalue weighted by atomic mass is 10.1. The second-order valence-electron chi connectivity index (χ2n) is 4.02. The molecule has 1 heteroatoms. The lowest BCUT2D eigenvalue weighted by molar-refractivity contribution is 0.415. The molecule has 0 fully saturated rings. The van der Waals surface area contributed by atoms with Gasteiger partial charge in [-0.25, -0.2) is 0 Å². The van der Waals surface area contributed by atoms with E-state index in [1.165, 1.54) is 5.56 Å². The number of hydrogen-bond acceptors (Lipinski definition) is 1. The molecule has 0 atom stereocenters. The Balaban J connectivity index is 1.88. The maximum Gasteiger partial charge on any atom is 0.118 e. The highest BCUT2D eigenvalue weighted by Crippen LogP contribution is 2.10. The van der Waals surface area contributed by atoms with Crippen LogP contribution in [0.4, 0.5) is 0 Å². The maximum atomic E-state index is 5.10. The van der Waals surface area contributed by atoms with E-state index in [4.69, 9.17) is 4.74 Å². The smallest absolute Gasteiger partial charge is 0.118 e. The molecule has 0 unspecified atom stereocenters. The van der Waals surface area contributed by atoms with Crippen molar-refractivity contribution in [3.05, 3.63) is 65.7 Å². The van der Waals surface area contributed by atoms with Gasteiger partial charge in [-0.3, -0.25) is 0 Å². The van der Waals surface area contributed by atoms with Crippen molar-refractivity contribution in [3.63, 3.8) is 0 Å². The second kappa shape index (κ2) is 6.51. The summed E-state index contributed by atoms with van der Waals surface area (Å²) in [5.74, 6) is 7.22. The van der Waals surface area contributed by atoms with Crippen LogP contribution in [0.1, 0.15) is 17.5 Å². The van der Waals surface area contributed by atoms with Crippen LogP contribution in [-0.2, 0) is 6.42 Å². The zero-order chi connectivity index (χ0) is 12.6. The third kappa shape index (κ3) is 3.68. The van der Waals surface area contributed by atoms with Crippen molar-refractivity contribution >= 4 is 0 Å². The highest BCUT2D eigenvalue weighted by molar-refractivity contribution is 5.38. The van der Waals surface area contributed by atoms with E-state index in [2.05, 4.69) is 36.1 Å². The van der Waals surface area contributed by atoms with Gasteiger partial charge < -0.3 is 4.74 Å². The first-order valence-electron chi connectivity index (χ1n) is 6.05. The average molecular weight is 236 g/mol. The van der Waals surface area contributed by atoms with Crippen molar-refractivity contribution in [2.24, 2.45) is 0 Å². The van der Waals surface area contributed by atoms with Crippen molar-refractivity contribution in [1.82, 2.24) is 0 Å². The number of hydrogen-bond donors (Lipinski definition) is 0. The summed E-state index contributed by atoms with van der Waals surface area (Å²) in [6, 6.07) is 18.3. The van der Waals surface area contributed by atoms with Crippen molar-refractivity contribution in [2.75, 3.05) is 7.11 Å². The summed E-state index contributed by atoms with van der Waals surface area (Å²) in [7, 11) is 1.67. The second-order valence-corrected chi connectivity index (χ2v) is 4.02. The van der Waals surface area contributed by atoms with Gasteiger partial charge in [0, 0.05) is 12.0 Å². The van der Waals surface area contributed by atoms with Gasteiger partial charge in [-0.1, -0.05) is 42.2 Å². The molecular formula is C17H16O. The molecule has 0 N–H and O–H groups in total. The minimum Gasteiger partial charge on any atom is -0.497 e. The number of rotatable bonds is 3. The third-order valence-corrected chi connectivity index (χ3v) is 2.70. The molecule has 0 heterocycles. The summed E-state index contributed by atoms with van der Waals surface area (Å²) in [6.07, 6.45) is 1.89. The SMILES string of the molecule is COc1ccc(C#CCCc2ccccc2)cc1. The first-order valence-corrected chi connectivity index (χ1v) is 6.05. The Morgan fingerprint density at radius 1 is 0.944 bits per heavy atom. The summed E-state index contributed by atoms with van der Waals surface area (Å²) in [4.78, 5) is 0. The highest BCUT2D eigenvalue weighted by atomic mass is 16.5. The predicted molar refractivity (Wildman–Crippen MR) is 74.6 cm³/mol. The largest absolute Gasteiger partial charge is 0.497 e. The topological polar surface area (TPSA) is 9.23 Å². The van der Waals surface area contributed by atoms with E-state index in [1.807, 2.05) is 30.3 Å². The summed E-state index contributed by atoms with van der Waals surface area (Å²) < 4.78 is 5.10. The van der Waals surface area contributed by atoms with Crippen LogP contribution < -0.4 is 4.74 Å². The van der Waals surface area contributed by atoms with E-state index in [-0.39, 0.29) is 0 Å². The minimum absolute atomic E-state index is 0.866. The number of methoxy groups -OCH3 is 1. The molecule has 18 heavy (non-hydrogen) atoms. The lowest BCUT2D eigenvalue weighted by Crippen LogP contribution is -1.83. The van der Waals surface area contributed by atoms with Gasteiger partial charge in [-0.05, 0) is 36.2 Å². The number of aryl methyl sites for hydroxylation is 1. The van der Waals surface area contributed by atoms with Crippen LogP contribution in [0.5, 0.6) is 5.75 Å². The van der Waals surface area contributed by atoms with Crippen molar-refractivity contribution in [3.8, 4) is 17.6 Å². The quantitative estimate of drug-likeness (QED) is 0.739. The number of ether oxygens (including phenoxy) is 1. The van der Waals surface area contributed by atoms with Crippen molar-refractivity contribution < 1.29 is 4.74 Å². The molecular weight excluding hydrogens is 220 g/mol. The molecule has 0 radical (unpaired) electrons. The van der Waals surface area contributed by atoms with Gasteiger partial charge in [-0.15, -0.1) is 0 Å². The molecule has 0 aliphatic heterocycles. The fraction of sp³-hybridized carbons (Fsp3) is 0.176. The van der Waals surface area contributed by atoms with Crippen molar-refractivity contribution in [2.45, 2.75) is 12.8 Å². The molecule has 0 aromatic heterocycles. The standard InChI is InChI=1S/C17H16O/c1-18-17-13-11-16(12-14-17)10-6-5-9-15-7-3-2-4-8-15/h2-4,7-8,11-14H,5,9H2,1H3. The fourth-order valence-corrected chi connectivity index (χ4v) is 1.69. The van der Waals surface area contributed by atoms with Crippen LogP contribution in [0.15, 0.2) is 54.6 Å². The molecule has 90 valence electrons. The number of benzene rings is 2. The fourth-order valence-electron chi connectivity index (χ4n) is 1.69. The molecule has 0 aliphatic carbocycles.